The van der Waals surface area contributed by atoms with Gasteiger partial charge in [0.05, 0.1) is 11.7 Å². The van der Waals surface area contributed by atoms with Gasteiger partial charge in [0.25, 0.3) is 0 Å². The van der Waals surface area contributed by atoms with Crippen LogP contribution in [0.15, 0.2) is 18.2 Å². The molecule has 0 spiro atoms. The van der Waals surface area contributed by atoms with Crippen LogP contribution in [0.1, 0.15) is 19.4 Å². The molecule has 16 heavy (non-hydrogen) atoms. The maximum Gasteiger partial charge on any atom is 0.126 e. The van der Waals surface area contributed by atoms with E-state index in [1.165, 1.54) is 14.0 Å². The molecular formula is C12H16F2O2. The zero-order chi connectivity index (χ0) is 12.3. The van der Waals surface area contributed by atoms with Crippen molar-refractivity contribution in [3.05, 3.63) is 35.4 Å². The fraction of sp³-hybridized carbons (Fsp3) is 0.500. The summed E-state index contributed by atoms with van der Waals surface area (Å²) in [5.41, 5.74) is -1.09. The summed E-state index contributed by atoms with van der Waals surface area (Å²) in [6, 6.07) is 3.19. The van der Waals surface area contributed by atoms with Crippen molar-refractivity contribution < 1.29 is 18.6 Å². The minimum Gasteiger partial charge on any atom is -0.387 e. The summed E-state index contributed by atoms with van der Waals surface area (Å²) in [5.74, 6) is -1.04. The molecular weight excluding hydrogens is 214 g/mol. The third-order valence-electron chi connectivity index (χ3n) is 2.79. The van der Waals surface area contributed by atoms with E-state index in [-0.39, 0.29) is 12.0 Å². The second kappa shape index (κ2) is 4.89. The number of rotatable bonds is 4. The Balaban J connectivity index is 2.91. The highest BCUT2D eigenvalue weighted by Crippen LogP contribution is 2.21. The molecule has 0 aliphatic rings. The van der Waals surface area contributed by atoms with Gasteiger partial charge in [-0.3, -0.25) is 0 Å². The standard InChI is InChI=1S/C12H16F2O2/c1-8(16-3)12(2,15)7-9-6-10(13)4-5-11(9)14/h4-6,8,15H,7H2,1-3H3. The fourth-order valence-electron chi connectivity index (χ4n) is 1.46. The van der Waals surface area contributed by atoms with E-state index in [1.54, 1.807) is 6.92 Å². The van der Waals surface area contributed by atoms with E-state index in [0.717, 1.165) is 18.2 Å². The van der Waals surface area contributed by atoms with Gasteiger partial charge >= 0.3 is 0 Å². The van der Waals surface area contributed by atoms with Crippen molar-refractivity contribution in [2.24, 2.45) is 0 Å². The predicted octanol–water partition coefficient (Wildman–Crippen LogP) is 2.29. The third kappa shape index (κ3) is 3.00. The first kappa shape index (κ1) is 13.1. The van der Waals surface area contributed by atoms with E-state index in [2.05, 4.69) is 0 Å². The summed E-state index contributed by atoms with van der Waals surface area (Å²) < 4.78 is 31.3. The number of aliphatic hydroxyl groups is 1. The molecule has 2 atom stereocenters. The normalized spacial score (nSPS) is 16.9. The van der Waals surface area contributed by atoms with Gasteiger partial charge in [0.2, 0.25) is 0 Å². The molecule has 1 rings (SSSR count). The van der Waals surface area contributed by atoms with Gasteiger partial charge in [-0.05, 0) is 37.6 Å². The molecule has 90 valence electrons. The van der Waals surface area contributed by atoms with Crippen LogP contribution < -0.4 is 0 Å². The maximum atomic E-state index is 13.3. The first-order valence-electron chi connectivity index (χ1n) is 5.06. The molecule has 1 aromatic carbocycles. The predicted molar refractivity (Wildman–Crippen MR) is 57.2 cm³/mol. The van der Waals surface area contributed by atoms with Crippen LogP contribution >= 0.6 is 0 Å². The van der Waals surface area contributed by atoms with E-state index < -0.39 is 23.3 Å². The van der Waals surface area contributed by atoms with Gasteiger partial charge < -0.3 is 9.84 Å². The highest BCUT2D eigenvalue weighted by molar-refractivity contribution is 5.20. The van der Waals surface area contributed by atoms with Crippen molar-refractivity contribution in [1.82, 2.24) is 0 Å². The first-order valence-corrected chi connectivity index (χ1v) is 5.06. The monoisotopic (exact) mass is 230 g/mol. The molecule has 2 unspecified atom stereocenters. The zero-order valence-electron chi connectivity index (χ0n) is 9.63. The summed E-state index contributed by atoms with van der Waals surface area (Å²) in [7, 11) is 1.46. The molecule has 0 bridgehead atoms. The lowest BCUT2D eigenvalue weighted by Crippen LogP contribution is -2.40. The van der Waals surface area contributed by atoms with Gasteiger partial charge in [-0.25, -0.2) is 8.78 Å². The quantitative estimate of drug-likeness (QED) is 0.860. The van der Waals surface area contributed by atoms with E-state index in [4.69, 9.17) is 4.74 Å². The topological polar surface area (TPSA) is 29.5 Å². The highest BCUT2D eigenvalue weighted by Gasteiger charge is 2.29. The Morgan fingerprint density at radius 2 is 2.06 bits per heavy atom. The van der Waals surface area contributed by atoms with E-state index in [0.29, 0.717) is 0 Å². The average Bonchev–Trinajstić information content (AvgIpc) is 2.22. The molecule has 0 saturated carbocycles. The van der Waals surface area contributed by atoms with Crippen molar-refractivity contribution in [3.63, 3.8) is 0 Å². The van der Waals surface area contributed by atoms with Crippen molar-refractivity contribution in [1.29, 1.82) is 0 Å². The third-order valence-corrected chi connectivity index (χ3v) is 2.79. The molecule has 4 heteroatoms. The van der Waals surface area contributed by atoms with Crippen LogP contribution in [0.4, 0.5) is 8.78 Å². The first-order chi connectivity index (χ1) is 7.36. The summed E-state index contributed by atoms with van der Waals surface area (Å²) in [5, 5.41) is 10.0. The SMILES string of the molecule is COC(C)C(C)(O)Cc1cc(F)ccc1F. The molecule has 0 aliphatic carbocycles. The molecule has 0 aliphatic heterocycles. The Labute approximate surface area is 93.9 Å². The number of halogens is 2. The minimum atomic E-state index is -1.23. The molecule has 1 N–H and O–H groups in total. The molecule has 0 fully saturated rings. The van der Waals surface area contributed by atoms with Crippen LogP contribution in [0, 0.1) is 11.6 Å². The Hall–Kier alpha value is -1.00. The van der Waals surface area contributed by atoms with Crippen molar-refractivity contribution in [3.8, 4) is 0 Å². The molecule has 0 saturated heterocycles. The van der Waals surface area contributed by atoms with Crippen molar-refractivity contribution >= 4 is 0 Å². The smallest absolute Gasteiger partial charge is 0.126 e. The lowest BCUT2D eigenvalue weighted by atomic mass is 9.91. The van der Waals surface area contributed by atoms with Gasteiger partial charge in [-0.15, -0.1) is 0 Å². The highest BCUT2D eigenvalue weighted by atomic mass is 19.1. The number of ether oxygens (including phenoxy) is 1. The summed E-state index contributed by atoms with van der Waals surface area (Å²) in [6.07, 6.45) is -0.457. The summed E-state index contributed by atoms with van der Waals surface area (Å²) in [4.78, 5) is 0. The van der Waals surface area contributed by atoms with Gasteiger partial charge in [0.15, 0.2) is 0 Å². The average molecular weight is 230 g/mol. The number of benzene rings is 1. The fourth-order valence-corrected chi connectivity index (χ4v) is 1.46. The van der Waals surface area contributed by atoms with Gasteiger partial charge in [-0.1, -0.05) is 0 Å². The van der Waals surface area contributed by atoms with E-state index >= 15 is 0 Å². The molecule has 0 amide bonds. The Kier molecular flexibility index (Phi) is 3.99. The van der Waals surface area contributed by atoms with Crippen LogP contribution in [0.2, 0.25) is 0 Å². The Morgan fingerprint density at radius 1 is 1.44 bits per heavy atom. The largest absolute Gasteiger partial charge is 0.387 e. The van der Waals surface area contributed by atoms with E-state index in [1.807, 2.05) is 0 Å². The van der Waals surface area contributed by atoms with Crippen LogP contribution in [0.3, 0.4) is 0 Å². The van der Waals surface area contributed by atoms with Crippen LogP contribution in [0.5, 0.6) is 0 Å². The molecule has 0 radical (unpaired) electrons. The van der Waals surface area contributed by atoms with Crippen LogP contribution in [0.25, 0.3) is 0 Å². The number of hydrogen-bond donors (Lipinski definition) is 1. The minimum absolute atomic E-state index is 0.00556. The van der Waals surface area contributed by atoms with Crippen molar-refractivity contribution in [2.75, 3.05) is 7.11 Å². The van der Waals surface area contributed by atoms with Gasteiger partial charge in [0.1, 0.15) is 11.6 Å². The summed E-state index contributed by atoms with van der Waals surface area (Å²) >= 11 is 0. The molecule has 2 nitrogen and oxygen atoms in total. The van der Waals surface area contributed by atoms with Crippen LogP contribution in [-0.2, 0) is 11.2 Å². The van der Waals surface area contributed by atoms with E-state index in [9.17, 15) is 13.9 Å². The van der Waals surface area contributed by atoms with Gasteiger partial charge in [0, 0.05) is 13.5 Å². The summed E-state index contributed by atoms with van der Waals surface area (Å²) in [6.45, 7) is 3.21. The van der Waals surface area contributed by atoms with Crippen LogP contribution in [-0.4, -0.2) is 23.9 Å². The molecule has 1 aromatic rings. The second-order valence-electron chi connectivity index (χ2n) is 4.15. The second-order valence-corrected chi connectivity index (χ2v) is 4.15. The Bertz CT molecular complexity index is 364. The molecule has 0 aromatic heterocycles. The molecule has 0 heterocycles. The van der Waals surface area contributed by atoms with Crippen molar-refractivity contribution in [2.45, 2.75) is 32.0 Å². The zero-order valence-corrected chi connectivity index (χ0v) is 9.63. The maximum absolute atomic E-state index is 13.3. The number of methoxy groups -OCH3 is 1. The lowest BCUT2D eigenvalue weighted by molar-refractivity contribution is -0.0719. The van der Waals surface area contributed by atoms with Gasteiger partial charge in [-0.2, -0.15) is 0 Å². The lowest BCUT2D eigenvalue weighted by Gasteiger charge is -2.29. The number of hydrogen-bond acceptors (Lipinski definition) is 2. The Morgan fingerprint density at radius 3 is 2.62 bits per heavy atom.